The summed E-state index contributed by atoms with van der Waals surface area (Å²) < 4.78 is 5.53. The number of anilines is 1. The predicted molar refractivity (Wildman–Crippen MR) is 100 cm³/mol. The standard InChI is InChI=1S/C20H25N3O2/c1-25-19-12-6-5-11-17(19)18(23-13-7-8-14-23)15-21-20(24)22-16-9-3-2-4-10-16/h2-6,9-12,18H,7-8,13-15H2,1H3,(H2,21,22,24). The fourth-order valence-corrected chi connectivity index (χ4v) is 3.32. The molecule has 1 atom stereocenters. The van der Waals surface area contributed by atoms with Crippen molar-refractivity contribution in [2.24, 2.45) is 0 Å². The van der Waals surface area contributed by atoms with Gasteiger partial charge in [0.2, 0.25) is 0 Å². The van der Waals surface area contributed by atoms with Crippen LogP contribution in [-0.2, 0) is 0 Å². The highest BCUT2D eigenvalue weighted by Crippen LogP contribution is 2.31. The minimum Gasteiger partial charge on any atom is -0.496 e. The number of benzene rings is 2. The average Bonchev–Trinajstić information content (AvgIpc) is 3.17. The van der Waals surface area contributed by atoms with E-state index in [1.54, 1.807) is 7.11 Å². The van der Waals surface area contributed by atoms with Gasteiger partial charge >= 0.3 is 6.03 Å². The molecule has 0 bridgehead atoms. The number of hydrogen-bond donors (Lipinski definition) is 2. The van der Waals surface area contributed by atoms with E-state index in [0.717, 1.165) is 30.1 Å². The third kappa shape index (κ3) is 4.51. The van der Waals surface area contributed by atoms with Crippen molar-refractivity contribution < 1.29 is 9.53 Å². The molecule has 132 valence electrons. The maximum Gasteiger partial charge on any atom is 0.319 e. The summed E-state index contributed by atoms with van der Waals surface area (Å²) in [7, 11) is 1.69. The molecule has 1 fully saturated rings. The first-order valence-corrected chi connectivity index (χ1v) is 8.75. The van der Waals surface area contributed by atoms with Gasteiger partial charge in [-0.05, 0) is 44.1 Å². The van der Waals surface area contributed by atoms with E-state index in [0.29, 0.717) is 6.54 Å². The van der Waals surface area contributed by atoms with Gasteiger partial charge in [0.15, 0.2) is 0 Å². The summed E-state index contributed by atoms with van der Waals surface area (Å²) in [6, 6.07) is 17.4. The molecule has 0 aromatic heterocycles. The van der Waals surface area contributed by atoms with E-state index in [-0.39, 0.29) is 12.1 Å². The lowest BCUT2D eigenvalue weighted by molar-refractivity contribution is 0.224. The van der Waals surface area contributed by atoms with Crippen molar-refractivity contribution in [3.8, 4) is 5.75 Å². The Bertz CT molecular complexity index is 684. The summed E-state index contributed by atoms with van der Waals surface area (Å²) in [6.07, 6.45) is 2.39. The van der Waals surface area contributed by atoms with E-state index >= 15 is 0 Å². The van der Waals surface area contributed by atoms with Crippen LogP contribution in [0.4, 0.5) is 10.5 Å². The zero-order valence-electron chi connectivity index (χ0n) is 14.6. The molecule has 2 amide bonds. The third-order valence-electron chi connectivity index (χ3n) is 4.57. The van der Waals surface area contributed by atoms with Gasteiger partial charge in [-0.1, -0.05) is 36.4 Å². The molecule has 5 heteroatoms. The van der Waals surface area contributed by atoms with Crippen molar-refractivity contribution >= 4 is 11.7 Å². The van der Waals surface area contributed by atoms with Crippen molar-refractivity contribution in [2.75, 3.05) is 32.1 Å². The molecule has 2 aromatic rings. The summed E-state index contributed by atoms with van der Waals surface area (Å²) in [5, 5.41) is 5.88. The molecule has 0 saturated carbocycles. The molecule has 1 heterocycles. The third-order valence-corrected chi connectivity index (χ3v) is 4.57. The van der Waals surface area contributed by atoms with Crippen LogP contribution in [0.3, 0.4) is 0 Å². The minimum absolute atomic E-state index is 0.111. The molecule has 1 aliphatic rings. The second-order valence-electron chi connectivity index (χ2n) is 6.20. The topological polar surface area (TPSA) is 53.6 Å². The first-order valence-electron chi connectivity index (χ1n) is 8.75. The fourth-order valence-electron chi connectivity index (χ4n) is 3.32. The Hall–Kier alpha value is -2.53. The van der Waals surface area contributed by atoms with Gasteiger partial charge in [-0.3, -0.25) is 4.90 Å². The number of urea groups is 1. The van der Waals surface area contributed by atoms with Crippen LogP contribution in [0.15, 0.2) is 54.6 Å². The van der Waals surface area contributed by atoms with Crippen LogP contribution in [0.2, 0.25) is 0 Å². The van der Waals surface area contributed by atoms with Crippen molar-refractivity contribution in [3.05, 3.63) is 60.2 Å². The molecule has 3 rings (SSSR count). The summed E-state index contributed by atoms with van der Waals surface area (Å²) in [4.78, 5) is 14.7. The Morgan fingerprint density at radius 2 is 1.76 bits per heavy atom. The van der Waals surface area contributed by atoms with E-state index in [1.165, 1.54) is 12.8 Å². The highest BCUT2D eigenvalue weighted by molar-refractivity contribution is 5.89. The number of ether oxygens (including phenoxy) is 1. The molecule has 0 aliphatic carbocycles. The summed E-state index contributed by atoms with van der Waals surface area (Å²) in [6.45, 7) is 2.63. The largest absolute Gasteiger partial charge is 0.496 e. The minimum atomic E-state index is -0.190. The van der Waals surface area contributed by atoms with Crippen LogP contribution in [0.25, 0.3) is 0 Å². The summed E-state index contributed by atoms with van der Waals surface area (Å²) in [5.41, 5.74) is 1.90. The molecule has 0 radical (unpaired) electrons. The van der Waals surface area contributed by atoms with Gasteiger partial charge in [0.25, 0.3) is 0 Å². The molecule has 1 saturated heterocycles. The van der Waals surface area contributed by atoms with E-state index in [1.807, 2.05) is 48.5 Å². The molecule has 1 unspecified atom stereocenters. The number of nitrogens with one attached hydrogen (secondary N) is 2. The van der Waals surface area contributed by atoms with Crippen LogP contribution in [0.5, 0.6) is 5.75 Å². The Morgan fingerprint density at radius 1 is 1.08 bits per heavy atom. The van der Waals surface area contributed by atoms with Gasteiger partial charge in [0, 0.05) is 17.8 Å². The Kier molecular flexibility index (Phi) is 5.90. The van der Waals surface area contributed by atoms with E-state index < -0.39 is 0 Å². The zero-order valence-corrected chi connectivity index (χ0v) is 14.6. The van der Waals surface area contributed by atoms with Crippen LogP contribution in [-0.4, -0.2) is 37.7 Å². The van der Waals surface area contributed by atoms with Crippen LogP contribution < -0.4 is 15.4 Å². The second kappa shape index (κ2) is 8.53. The number of carbonyl (C=O) groups is 1. The Morgan fingerprint density at radius 3 is 2.48 bits per heavy atom. The Labute approximate surface area is 149 Å². The average molecular weight is 339 g/mol. The van der Waals surface area contributed by atoms with Crippen molar-refractivity contribution in [1.29, 1.82) is 0 Å². The smallest absolute Gasteiger partial charge is 0.319 e. The normalized spacial score (nSPS) is 15.6. The second-order valence-corrected chi connectivity index (χ2v) is 6.20. The molecular formula is C20H25N3O2. The van der Waals surface area contributed by atoms with Crippen LogP contribution in [0, 0.1) is 0 Å². The highest BCUT2D eigenvalue weighted by atomic mass is 16.5. The van der Waals surface area contributed by atoms with Gasteiger partial charge in [-0.2, -0.15) is 0 Å². The number of rotatable bonds is 6. The fraction of sp³-hybridized carbons (Fsp3) is 0.350. The molecule has 25 heavy (non-hydrogen) atoms. The number of hydrogen-bond acceptors (Lipinski definition) is 3. The summed E-state index contributed by atoms with van der Waals surface area (Å²) in [5.74, 6) is 0.865. The monoisotopic (exact) mass is 339 g/mol. The molecule has 2 N–H and O–H groups in total. The van der Waals surface area contributed by atoms with E-state index in [2.05, 4.69) is 21.6 Å². The maximum absolute atomic E-state index is 12.2. The van der Waals surface area contributed by atoms with Crippen LogP contribution in [0.1, 0.15) is 24.4 Å². The molecule has 1 aliphatic heterocycles. The number of nitrogens with zero attached hydrogens (tertiary/aromatic N) is 1. The Balaban J connectivity index is 1.69. The van der Waals surface area contributed by atoms with Gasteiger partial charge in [0.05, 0.1) is 13.2 Å². The van der Waals surface area contributed by atoms with E-state index in [9.17, 15) is 4.79 Å². The zero-order chi connectivity index (χ0) is 17.5. The van der Waals surface area contributed by atoms with Gasteiger partial charge < -0.3 is 15.4 Å². The highest BCUT2D eigenvalue weighted by Gasteiger charge is 2.26. The molecule has 0 spiro atoms. The van der Waals surface area contributed by atoms with Crippen molar-refractivity contribution in [3.63, 3.8) is 0 Å². The first-order chi connectivity index (χ1) is 12.3. The lowest BCUT2D eigenvalue weighted by Gasteiger charge is -2.29. The number of amides is 2. The van der Waals surface area contributed by atoms with Gasteiger partial charge in [0.1, 0.15) is 5.75 Å². The lowest BCUT2D eigenvalue weighted by Crippen LogP contribution is -2.38. The van der Waals surface area contributed by atoms with Crippen molar-refractivity contribution in [2.45, 2.75) is 18.9 Å². The number of carbonyl (C=O) groups excluding carboxylic acids is 1. The predicted octanol–water partition coefficient (Wildman–Crippen LogP) is 3.65. The van der Waals surface area contributed by atoms with Crippen molar-refractivity contribution in [1.82, 2.24) is 10.2 Å². The number of likely N-dealkylation sites (tertiary alicyclic amines) is 1. The van der Waals surface area contributed by atoms with E-state index in [4.69, 9.17) is 4.74 Å². The summed E-state index contributed by atoms with van der Waals surface area (Å²) >= 11 is 0. The first kappa shape index (κ1) is 17.3. The quantitative estimate of drug-likeness (QED) is 0.844. The lowest BCUT2D eigenvalue weighted by atomic mass is 10.0. The number of para-hydroxylation sites is 2. The van der Waals surface area contributed by atoms with Gasteiger partial charge in [-0.15, -0.1) is 0 Å². The van der Waals surface area contributed by atoms with Gasteiger partial charge in [-0.25, -0.2) is 4.79 Å². The maximum atomic E-state index is 12.2. The SMILES string of the molecule is COc1ccccc1C(CNC(=O)Nc1ccccc1)N1CCCC1. The molecular weight excluding hydrogens is 314 g/mol. The molecule has 2 aromatic carbocycles. The molecule has 5 nitrogen and oxygen atoms in total. The number of methoxy groups -OCH3 is 1. The van der Waals surface area contributed by atoms with Crippen LogP contribution >= 0.6 is 0 Å².